The summed E-state index contributed by atoms with van der Waals surface area (Å²) in [6.45, 7) is 0. The van der Waals surface area contributed by atoms with Crippen molar-refractivity contribution in [1.29, 1.82) is 0 Å². The molecular weight excluding hydrogens is 280 g/mol. The summed E-state index contributed by atoms with van der Waals surface area (Å²) in [4.78, 5) is 23.5. The SMILES string of the molecule is Cn1cc(C(N)=O)cc1C(=O)OC1(Cc2ccccc2)CC1. The minimum absolute atomic E-state index is 0.308. The Hall–Kier alpha value is -2.56. The minimum Gasteiger partial charge on any atom is -0.454 e. The van der Waals surface area contributed by atoms with E-state index in [1.54, 1.807) is 11.6 Å². The average molecular weight is 298 g/mol. The van der Waals surface area contributed by atoms with Crippen LogP contribution in [0.5, 0.6) is 0 Å². The van der Waals surface area contributed by atoms with Crippen molar-refractivity contribution < 1.29 is 14.3 Å². The second-order valence-electron chi connectivity index (χ2n) is 5.82. The number of nitrogens with two attached hydrogens (primary N) is 1. The molecule has 0 bridgehead atoms. The fourth-order valence-corrected chi connectivity index (χ4v) is 2.57. The maximum atomic E-state index is 12.4. The van der Waals surface area contributed by atoms with Gasteiger partial charge in [-0.15, -0.1) is 0 Å². The van der Waals surface area contributed by atoms with Crippen molar-refractivity contribution in [2.24, 2.45) is 12.8 Å². The van der Waals surface area contributed by atoms with E-state index >= 15 is 0 Å². The zero-order valence-corrected chi connectivity index (χ0v) is 12.4. The van der Waals surface area contributed by atoms with E-state index in [4.69, 9.17) is 10.5 Å². The van der Waals surface area contributed by atoms with Gasteiger partial charge in [0.15, 0.2) is 0 Å². The van der Waals surface area contributed by atoms with Crippen LogP contribution in [0.15, 0.2) is 42.6 Å². The number of hydrogen-bond donors (Lipinski definition) is 1. The molecule has 1 aliphatic carbocycles. The summed E-state index contributed by atoms with van der Waals surface area (Å²) in [5, 5.41) is 0. The summed E-state index contributed by atoms with van der Waals surface area (Å²) >= 11 is 0. The zero-order valence-electron chi connectivity index (χ0n) is 12.4. The van der Waals surface area contributed by atoms with E-state index in [1.165, 1.54) is 12.3 Å². The fraction of sp³-hybridized carbons (Fsp3) is 0.294. The molecule has 0 saturated heterocycles. The molecule has 5 nitrogen and oxygen atoms in total. The van der Waals surface area contributed by atoms with E-state index in [-0.39, 0.29) is 0 Å². The highest BCUT2D eigenvalue weighted by Crippen LogP contribution is 2.43. The quantitative estimate of drug-likeness (QED) is 0.859. The summed E-state index contributed by atoms with van der Waals surface area (Å²) in [5.41, 5.74) is 6.63. The van der Waals surface area contributed by atoms with Crippen LogP contribution in [-0.4, -0.2) is 22.0 Å². The number of benzene rings is 1. The number of nitrogens with zero attached hydrogens (tertiary/aromatic N) is 1. The molecule has 0 unspecified atom stereocenters. The summed E-state index contributed by atoms with van der Waals surface area (Å²) in [7, 11) is 1.69. The Balaban J connectivity index is 1.73. The van der Waals surface area contributed by atoms with Crippen molar-refractivity contribution in [2.45, 2.75) is 24.9 Å². The number of aryl methyl sites for hydroxylation is 1. The van der Waals surface area contributed by atoms with Crippen LogP contribution in [0.25, 0.3) is 0 Å². The molecule has 5 heteroatoms. The van der Waals surface area contributed by atoms with Gasteiger partial charge in [-0.25, -0.2) is 4.79 Å². The first-order valence-electron chi connectivity index (χ1n) is 7.23. The van der Waals surface area contributed by atoms with Gasteiger partial charge in [0.2, 0.25) is 5.91 Å². The van der Waals surface area contributed by atoms with Gasteiger partial charge in [0, 0.05) is 19.7 Å². The van der Waals surface area contributed by atoms with Crippen molar-refractivity contribution in [2.75, 3.05) is 0 Å². The molecule has 0 aliphatic heterocycles. The van der Waals surface area contributed by atoms with Crippen LogP contribution in [0.1, 0.15) is 39.3 Å². The number of primary amides is 1. The van der Waals surface area contributed by atoms with Crippen LogP contribution in [0.3, 0.4) is 0 Å². The molecule has 1 aromatic carbocycles. The Morgan fingerprint density at radius 2 is 1.95 bits per heavy atom. The van der Waals surface area contributed by atoms with Crippen molar-refractivity contribution in [3.8, 4) is 0 Å². The molecule has 0 spiro atoms. The van der Waals surface area contributed by atoms with E-state index in [0.29, 0.717) is 17.7 Å². The van der Waals surface area contributed by atoms with Crippen LogP contribution < -0.4 is 5.73 Å². The highest BCUT2D eigenvalue weighted by atomic mass is 16.6. The number of ether oxygens (including phenoxy) is 1. The Morgan fingerprint density at radius 1 is 1.27 bits per heavy atom. The molecule has 114 valence electrons. The number of carbonyl (C=O) groups excluding carboxylic acids is 2. The first-order chi connectivity index (χ1) is 10.5. The van der Waals surface area contributed by atoms with E-state index in [9.17, 15) is 9.59 Å². The number of amides is 1. The first-order valence-corrected chi connectivity index (χ1v) is 7.23. The van der Waals surface area contributed by atoms with Gasteiger partial charge in [-0.2, -0.15) is 0 Å². The molecule has 2 aromatic rings. The van der Waals surface area contributed by atoms with Crippen LogP contribution in [0.4, 0.5) is 0 Å². The maximum Gasteiger partial charge on any atom is 0.355 e. The number of rotatable bonds is 5. The summed E-state index contributed by atoms with van der Waals surface area (Å²) in [6.07, 6.45) is 3.98. The van der Waals surface area contributed by atoms with Crippen LogP contribution in [0, 0.1) is 0 Å². The topological polar surface area (TPSA) is 74.3 Å². The lowest BCUT2D eigenvalue weighted by Gasteiger charge is -2.17. The van der Waals surface area contributed by atoms with Crippen LogP contribution in [0.2, 0.25) is 0 Å². The number of aromatic nitrogens is 1. The Morgan fingerprint density at radius 3 is 2.50 bits per heavy atom. The largest absolute Gasteiger partial charge is 0.454 e. The predicted molar refractivity (Wildman–Crippen MR) is 81.5 cm³/mol. The van der Waals surface area contributed by atoms with Gasteiger partial charge in [-0.1, -0.05) is 30.3 Å². The van der Waals surface area contributed by atoms with Crippen LogP contribution in [-0.2, 0) is 18.2 Å². The van der Waals surface area contributed by atoms with Gasteiger partial charge in [0.1, 0.15) is 11.3 Å². The normalized spacial score (nSPS) is 15.3. The Kier molecular flexibility index (Phi) is 3.48. The molecule has 1 amide bonds. The number of hydrogen-bond acceptors (Lipinski definition) is 3. The smallest absolute Gasteiger partial charge is 0.355 e. The van der Waals surface area contributed by atoms with Gasteiger partial charge < -0.3 is 15.0 Å². The molecule has 3 rings (SSSR count). The molecule has 1 aromatic heterocycles. The highest BCUT2D eigenvalue weighted by Gasteiger charge is 2.47. The number of esters is 1. The molecule has 1 aliphatic rings. The summed E-state index contributed by atoms with van der Waals surface area (Å²) < 4.78 is 7.27. The van der Waals surface area contributed by atoms with Crippen molar-refractivity contribution in [3.05, 3.63) is 59.4 Å². The van der Waals surface area contributed by atoms with Crippen molar-refractivity contribution >= 4 is 11.9 Å². The lowest BCUT2D eigenvalue weighted by molar-refractivity contribution is 0.0217. The summed E-state index contributed by atoms with van der Waals surface area (Å²) in [5.74, 6) is -0.969. The fourth-order valence-electron chi connectivity index (χ4n) is 2.57. The molecule has 2 N–H and O–H groups in total. The standard InChI is InChI=1S/C17H18N2O3/c1-19-11-13(15(18)20)9-14(19)16(21)22-17(7-8-17)10-12-5-3-2-4-6-12/h2-6,9,11H,7-8,10H2,1H3,(H2,18,20). The monoisotopic (exact) mass is 298 g/mol. The second-order valence-corrected chi connectivity index (χ2v) is 5.82. The second kappa shape index (κ2) is 5.33. The molecule has 0 atom stereocenters. The van der Waals surface area contributed by atoms with Gasteiger partial charge in [0.25, 0.3) is 0 Å². The van der Waals surface area contributed by atoms with Crippen molar-refractivity contribution in [1.82, 2.24) is 4.57 Å². The Bertz CT molecular complexity index is 715. The first kappa shape index (κ1) is 14.4. The van der Waals surface area contributed by atoms with Gasteiger partial charge in [0.05, 0.1) is 5.56 Å². The van der Waals surface area contributed by atoms with Crippen molar-refractivity contribution in [3.63, 3.8) is 0 Å². The van der Waals surface area contributed by atoms with E-state index in [2.05, 4.69) is 0 Å². The van der Waals surface area contributed by atoms with E-state index < -0.39 is 17.5 Å². The Labute approximate surface area is 128 Å². The van der Waals surface area contributed by atoms with Gasteiger partial charge >= 0.3 is 5.97 Å². The van der Waals surface area contributed by atoms with Gasteiger partial charge in [-0.05, 0) is 24.5 Å². The third-order valence-corrected chi connectivity index (χ3v) is 3.98. The third kappa shape index (κ3) is 2.88. The number of carbonyl (C=O) groups is 2. The third-order valence-electron chi connectivity index (χ3n) is 3.98. The summed E-state index contributed by atoms with van der Waals surface area (Å²) in [6, 6.07) is 11.4. The minimum atomic E-state index is -0.555. The maximum absolute atomic E-state index is 12.4. The molecule has 1 saturated carbocycles. The highest BCUT2D eigenvalue weighted by molar-refractivity contribution is 5.97. The van der Waals surface area contributed by atoms with E-state index in [0.717, 1.165) is 18.4 Å². The molecule has 1 heterocycles. The van der Waals surface area contributed by atoms with Crippen LogP contribution >= 0.6 is 0 Å². The molecule has 22 heavy (non-hydrogen) atoms. The zero-order chi connectivity index (χ0) is 15.7. The van der Waals surface area contributed by atoms with E-state index in [1.807, 2.05) is 30.3 Å². The predicted octanol–water partition coefficient (Wildman–Crippen LogP) is 2.06. The molecule has 1 fully saturated rings. The average Bonchev–Trinajstić information content (AvgIpc) is 3.10. The molecular formula is C17H18N2O3. The lowest BCUT2D eigenvalue weighted by Crippen LogP contribution is -2.23. The lowest BCUT2D eigenvalue weighted by atomic mass is 10.1. The van der Waals surface area contributed by atoms with Gasteiger partial charge in [-0.3, -0.25) is 4.79 Å². The molecule has 0 radical (unpaired) electrons.